The van der Waals surface area contributed by atoms with Gasteiger partial charge in [-0.15, -0.1) is 0 Å². The number of amides is 1. The molecule has 282 valence electrons. The summed E-state index contributed by atoms with van der Waals surface area (Å²) in [4.78, 5) is 23.8. The second-order valence-corrected chi connectivity index (χ2v) is 11.0. The van der Waals surface area contributed by atoms with Crippen LogP contribution in [0.4, 0.5) is 61.9 Å². The molecule has 0 aromatic heterocycles. The zero-order valence-electron chi connectivity index (χ0n) is 26.4. The van der Waals surface area contributed by atoms with E-state index in [0.717, 1.165) is 0 Å². The highest BCUT2D eigenvalue weighted by Crippen LogP contribution is 2.60. The van der Waals surface area contributed by atoms with Crippen LogP contribution < -0.4 is 9.47 Å². The van der Waals surface area contributed by atoms with Gasteiger partial charge in [0.1, 0.15) is 18.1 Å². The minimum absolute atomic E-state index is 0.0746. The van der Waals surface area contributed by atoms with Crippen molar-refractivity contribution in [1.82, 2.24) is 4.90 Å². The van der Waals surface area contributed by atoms with E-state index in [0.29, 0.717) is 11.1 Å². The molecule has 2 aromatic rings. The number of rotatable bonds is 16. The van der Waals surface area contributed by atoms with Gasteiger partial charge in [0.05, 0.1) is 13.1 Å². The summed E-state index contributed by atoms with van der Waals surface area (Å²) in [5.41, 5.74) is 1.37. The maximum atomic E-state index is 14.9. The van der Waals surface area contributed by atoms with E-state index in [-0.39, 0.29) is 35.7 Å². The highest BCUT2D eigenvalue weighted by atomic mass is 19.4. The number of aliphatic carboxylic acids is 1. The average molecular weight is 748 g/mol. The second kappa shape index (κ2) is 15.1. The molecule has 0 saturated carbocycles. The van der Waals surface area contributed by atoms with Crippen LogP contribution in [0.1, 0.15) is 29.2 Å². The van der Waals surface area contributed by atoms with Crippen LogP contribution in [0.15, 0.2) is 36.4 Å². The van der Waals surface area contributed by atoms with Gasteiger partial charge in [-0.25, -0.2) is 9.59 Å². The number of carbonyl (C=O) groups excluding carboxylic acids is 1. The number of halogens is 13. The number of carboxylic acid groups (broad SMARTS) is 1. The lowest BCUT2D eigenvalue weighted by molar-refractivity contribution is -0.440. The van der Waals surface area contributed by atoms with Crippen molar-refractivity contribution >= 4 is 12.1 Å². The van der Waals surface area contributed by atoms with E-state index in [4.69, 9.17) is 14.2 Å². The Labute approximate surface area is 275 Å². The molecule has 2 rings (SSSR count). The minimum atomic E-state index is -8.10. The smallest absolute Gasteiger partial charge is 0.460 e. The summed E-state index contributed by atoms with van der Waals surface area (Å²) < 4.78 is 194. The van der Waals surface area contributed by atoms with E-state index in [2.05, 4.69) is 0 Å². The largest absolute Gasteiger partial charge is 0.492 e. The first-order valence-corrected chi connectivity index (χ1v) is 14.2. The van der Waals surface area contributed by atoms with Crippen LogP contribution in [0.25, 0.3) is 0 Å². The maximum Gasteiger partial charge on any atom is 0.460 e. The Balaban J connectivity index is 2.41. The van der Waals surface area contributed by atoms with E-state index in [1.165, 1.54) is 50.2 Å². The van der Waals surface area contributed by atoms with Gasteiger partial charge in [-0.1, -0.05) is 29.8 Å². The topological polar surface area (TPSA) is 85.3 Å². The molecular formula is C30H30F13NO6. The van der Waals surface area contributed by atoms with Gasteiger partial charge in [-0.3, -0.25) is 4.90 Å². The molecule has 50 heavy (non-hydrogen) atoms. The van der Waals surface area contributed by atoms with Gasteiger partial charge in [0.2, 0.25) is 0 Å². The van der Waals surface area contributed by atoms with E-state index >= 15 is 0 Å². The lowest BCUT2D eigenvalue weighted by Gasteiger charge is -2.40. The van der Waals surface area contributed by atoms with Crippen LogP contribution in [0.3, 0.4) is 0 Å². The predicted molar refractivity (Wildman–Crippen MR) is 148 cm³/mol. The number of hydrogen-bond acceptors (Lipinski definition) is 5. The third-order valence-electron chi connectivity index (χ3n) is 7.06. The quantitative estimate of drug-likeness (QED) is 0.174. The van der Waals surface area contributed by atoms with E-state index < -0.39 is 78.6 Å². The number of hydrogen-bond donors (Lipinski definition) is 1. The molecule has 1 unspecified atom stereocenters. The van der Waals surface area contributed by atoms with Gasteiger partial charge in [0, 0.05) is 13.0 Å². The number of nitrogens with zero attached hydrogens (tertiary/aromatic N) is 1. The number of carbonyl (C=O) groups is 2. The van der Waals surface area contributed by atoms with Crippen LogP contribution in [0.2, 0.25) is 0 Å². The third-order valence-corrected chi connectivity index (χ3v) is 7.06. The van der Waals surface area contributed by atoms with Gasteiger partial charge in [-0.2, -0.15) is 57.1 Å². The summed E-state index contributed by atoms with van der Waals surface area (Å²) in [6, 6.07) is 7.96. The SMILES string of the molecule is CCOC(Cc1ccc(OCCN(CC(F)(F)C(F)(F)C(F)(F)C(F)(F)C(F)(F)C(F)(F)F)C(=O)Oc2c(C)cc(C)cc2C)cc1)C(=O)O. The first kappa shape index (κ1) is 42.2. The lowest BCUT2D eigenvalue weighted by Crippen LogP contribution is -2.71. The molecule has 0 radical (unpaired) electrons. The molecule has 0 fully saturated rings. The van der Waals surface area contributed by atoms with Crippen LogP contribution in [-0.2, 0) is 16.0 Å². The Morgan fingerprint density at radius 2 is 1.28 bits per heavy atom. The molecule has 2 aromatic carbocycles. The fourth-order valence-corrected chi connectivity index (χ4v) is 4.48. The molecule has 0 aliphatic rings. The molecule has 0 heterocycles. The molecule has 20 heteroatoms. The third kappa shape index (κ3) is 8.66. The summed E-state index contributed by atoms with van der Waals surface area (Å²) in [6.07, 6.45) is -10.9. The standard InChI is InChI=1S/C30H30F13NO6/c1-5-48-21(23(45)46)14-19-6-8-20(9-7-19)49-11-10-44(24(47)50-22-17(3)12-16(2)13-18(22)4)15-25(31,32)26(33,34)27(35,36)28(37,38)29(39,40)30(41,42)43/h6-9,12-13,21H,5,10-11,14-15H2,1-4H3,(H,45,46). The summed E-state index contributed by atoms with van der Waals surface area (Å²) >= 11 is 0. The predicted octanol–water partition coefficient (Wildman–Crippen LogP) is 8.26. The number of benzene rings is 2. The zero-order chi connectivity index (χ0) is 38.7. The van der Waals surface area contributed by atoms with Crippen molar-refractivity contribution in [3.63, 3.8) is 0 Å². The Kier molecular flexibility index (Phi) is 12.7. The molecular weight excluding hydrogens is 717 g/mol. The highest BCUT2D eigenvalue weighted by Gasteiger charge is 2.90. The van der Waals surface area contributed by atoms with Gasteiger partial charge < -0.3 is 19.3 Å². The summed E-state index contributed by atoms with van der Waals surface area (Å²) in [7, 11) is 0. The first-order chi connectivity index (χ1) is 22.6. The molecule has 0 aliphatic heterocycles. The summed E-state index contributed by atoms with van der Waals surface area (Å²) in [5.74, 6) is -40.0. The first-order valence-electron chi connectivity index (χ1n) is 14.2. The fourth-order valence-electron chi connectivity index (χ4n) is 4.48. The van der Waals surface area contributed by atoms with Gasteiger partial charge in [-0.05, 0) is 56.5 Å². The van der Waals surface area contributed by atoms with Crippen LogP contribution in [-0.4, -0.2) is 90.3 Å². The summed E-state index contributed by atoms with van der Waals surface area (Å²) in [6.45, 7) is 0.830. The Morgan fingerprint density at radius 1 is 0.780 bits per heavy atom. The number of carboxylic acids is 1. The highest BCUT2D eigenvalue weighted by molar-refractivity contribution is 5.73. The monoisotopic (exact) mass is 747 g/mol. The Bertz CT molecular complexity index is 1470. The molecule has 0 bridgehead atoms. The lowest BCUT2D eigenvalue weighted by atomic mass is 9.93. The zero-order valence-corrected chi connectivity index (χ0v) is 26.4. The molecule has 0 saturated heterocycles. The van der Waals surface area contributed by atoms with Crippen LogP contribution in [0.5, 0.6) is 11.5 Å². The van der Waals surface area contributed by atoms with Crippen LogP contribution >= 0.6 is 0 Å². The Morgan fingerprint density at radius 3 is 1.74 bits per heavy atom. The van der Waals surface area contributed by atoms with Crippen molar-refractivity contribution < 1.29 is 86.0 Å². The molecule has 1 amide bonds. The maximum absolute atomic E-state index is 14.9. The van der Waals surface area contributed by atoms with Gasteiger partial charge in [0.25, 0.3) is 0 Å². The summed E-state index contributed by atoms with van der Waals surface area (Å²) in [5, 5.41) is 9.20. The van der Waals surface area contributed by atoms with E-state index in [1.807, 2.05) is 0 Å². The van der Waals surface area contributed by atoms with Crippen molar-refractivity contribution in [2.75, 3.05) is 26.3 Å². The van der Waals surface area contributed by atoms with Crippen LogP contribution in [0, 0.1) is 20.8 Å². The molecule has 0 spiro atoms. The molecule has 0 aliphatic carbocycles. The normalized spacial score (nSPS) is 13.9. The fraction of sp³-hybridized carbons (Fsp3) is 0.533. The van der Waals surface area contributed by atoms with E-state index in [9.17, 15) is 71.8 Å². The number of alkyl halides is 13. The van der Waals surface area contributed by atoms with Crippen molar-refractivity contribution in [3.05, 3.63) is 58.7 Å². The van der Waals surface area contributed by atoms with Crippen molar-refractivity contribution in [2.24, 2.45) is 0 Å². The van der Waals surface area contributed by atoms with Crippen molar-refractivity contribution in [1.29, 1.82) is 0 Å². The molecule has 1 atom stereocenters. The molecule has 7 nitrogen and oxygen atoms in total. The second-order valence-electron chi connectivity index (χ2n) is 11.0. The minimum Gasteiger partial charge on any atom is -0.492 e. The molecule has 1 N–H and O–H groups in total. The average Bonchev–Trinajstić information content (AvgIpc) is 2.97. The van der Waals surface area contributed by atoms with Gasteiger partial charge in [0.15, 0.2) is 6.10 Å². The van der Waals surface area contributed by atoms with Gasteiger partial charge >= 0.3 is 47.9 Å². The number of aryl methyl sites for hydroxylation is 3. The Hall–Kier alpha value is -3.97. The van der Waals surface area contributed by atoms with E-state index in [1.54, 1.807) is 13.8 Å². The number of ether oxygens (including phenoxy) is 3. The van der Waals surface area contributed by atoms with Crippen molar-refractivity contribution in [3.8, 4) is 11.5 Å². The van der Waals surface area contributed by atoms with Crippen molar-refractivity contribution in [2.45, 2.75) is 76.0 Å².